The van der Waals surface area contributed by atoms with Gasteiger partial charge in [0.15, 0.2) is 0 Å². The van der Waals surface area contributed by atoms with Crippen molar-refractivity contribution in [3.63, 3.8) is 0 Å². The molecule has 0 saturated carbocycles. The lowest BCUT2D eigenvalue weighted by Gasteiger charge is -2.43. The van der Waals surface area contributed by atoms with Crippen LogP contribution in [0.25, 0.3) is 0 Å². The molecular weight excluding hydrogens is 196 g/mol. The van der Waals surface area contributed by atoms with E-state index in [1.54, 1.807) is 0 Å². The summed E-state index contributed by atoms with van der Waals surface area (Å²) in [4.78, 5) is 7.21. The molecule has 0 bridgehead atoms. The lowest BCUT2D eigenvalue weighted by molar-refractivity contribution is 0.219. The number of aliphatic imine (C=N–C) groups is 1. The van der Waals surface area contributed by atoms with Crippen LogP contribution in [0.15, 0.2) is 17.1 Å². The quantitative estimate of drug-likeness (QED) is 0.573. The van der Waals surface area contributed by atoms with E-state index in [0.717, 1.165) is 19.5 Å². The molecule has 1 aliphatic rings. The molecule has 0 atom stereocenters. The van der Waals surface area contributed by atoms with Crippen LogP contribution in [0.1, 0.15) is 48.0 Å². The monoisotopic (exact) mass is 222 g/mol. The fourth-order valence-corrected chi connectivity index (χ4v) is 2.02. The first-order chi connectivity index (χ1) is 7.23. The van der Waals surface area contributed by atoms with Crippen molar-refractivity contribution >= 4 is 5.84 Å². The molecular formula is C14H26N2. The first-order valence-corrected chi connectivity index (χ1v) is 6.20. The fourth-order valence-electron chi connectivity index (χ4n) is 2.02. The second-order valence-electron chi connectivity index (χ2n) is 6.50. The summed E-state index contributed by atoms with van der Waals surface area (Å²) in [5, 5.41) is 0. The number of amidine groups is 1. The molecule has 0 aromatic heterocycles. The summed E-state index contributed by atoms with van der Waals surface area (Å²) in [5.74, 6) is 1.24. The summed E-state index contributed by atoms with van der Waals surface area (Å²) in [6, 6.07) is 0. The first kappa shape index (κ1) is 13.3. The molecule has 0 fully saturated rings. The molecule has 0 N–H and O–H groups in total. The Morgan fingerprint density at radius 2 is 1.69 bits per heavy atom. The Morgan fingerprint density at radius 3 is 2.19 bits per heavy atom. The van der Waals surface area contributed by atoms with E-state index in [9.17, 15) is 0 Å². The zero-order chi connectivity index (χ0) is 12.4. The van der Waals surface area contributed by atoms with Crippen molar-refractivity contribution < 1.29 is 0 Å². The van der Waals surface area contributed by atoms with Crippen LogP contribution in [0.5, 0.6) is 0 Å². The van der Waals surface area contributed by atoms with Crippen molar-refractivity contribution in [2.75, 3.05) is 13.1 Å². The van der Waals surface area contributed by atoms with Crippen molar-refractivity contribution in [3.8, 4) is 0 Å². The molecule has 0 radical (unpaired) electrons. The van der Waals surface area contributed by atoms with Crippen LogP contribution < -0.4 is 0 Å². The van der Waals surface area contributed by atoms with Gasteiger partial charge in [0.2, 0.25) is 0 Å². The van der Waals surface area contributed by atoms with Gasteiger partial charge < -0.3 is 4.90 Å². The molecule has 2 heteroatoms. The van der Waals surface area contributed by atoms with E-state index in [-0.39, 0.29) is 11.0 Å². The summed E-state index contributed by atoms with van der Waals surface area (Å²) in [6.07, 6.45) is 5.53. The average Bonchev–Trinajstić information content (AvgIpc) is 1.96. The normalized spacial score (nSPS) is 24.4. The standard InChI is InChI=1S/C14H26N2/c1-13(2,3)12-15-10-8-7-9-11-16(12)14(4,5)6/h7-8H,9-11H2,1-6H3/b8-7-,15-12-. The van der Waals surface area contributed by atoms with E-state index in [1.165, 1.54) is 5.84 Å². The van der Waals surface area contributed by atoms with Crippen molar-refractivity contribution in [1.29, 1.82) is 0 Å². The molecule has 1 rings (SSSR count). The van der Waals surface area contributed by atoms with Crippen LogP contribution in [0, 0.1) is 5.41 Å². The van der Waals surface area contributed by atoms with Crippen LogP contribution in [0.2, 0.25) is 0 Å². The van der Waals surface area contributed by atoms with Crippen LogP contribution in [0.4, 0.5) is 0 Å². The Balaban J connectivity index is 3.06. The van der Waals surface area contributed by atoms with E-state index < -0.39 is 0 Å². The molecule has 92 valence electrons. The number of nitrogens with zero attached hydrogens (tertiary/aromatic N) is 2. The van der Waals surface area contributed by atoms with Gasteiger partial charge in [-0.1, -0.05) is 32.9 Å². The SMILES string of the molecule is CC(C)(C)/C1=N/C/C=C\CCN1C(C)(C)C. The summed E-state index contributed by atoms with van der Waals surface area (Å²) < 4.78 is 0. The van der Waals surface area contributed by atoms with Crippen molar-refractivity contribution in [2.45, 2.75) is 53.5 Å². The molecule has 1 heterocycles. The smallest absolute Gasteiger partial charge is 0.105 e. The highest BCUT2D eigenvalue weighted by molar-refractivity contribution is 5.88. The lowest BCUT2D eigenvalue weighted by Crippen LogP contribution is -2.51. The molecule has 0 amide bonds. The van der Waals surface area contributed by atoms with Gasteiger partial charge in [0, 0.05) is 17.5 Å². The van der Waals surface area contributed by atoms with Gasteiger partial charge >= 0.3 is 0 Å². The molecule has 16 heavy (non-hydrogen) atoms. The zero-order valence-electron chi connectivity index (χ0n) is 11.7. The van der Waals surface area contributed by atoms with Crippen LogP contribution in [-0.2, 0) is 0 Å². The van der Waals surface area contributed by atoms with Gasteiger partial charge in [-0.25, -0.2) is 0 Å². The molecule has 0 aliphatic carbocycles. The van der Waals surface area contributed by atoms with Gasteiger partial charge in [0.25, 0.3) is 0 Å². The maximum Gasteiger partial charge on any atom is 0.105 e. The Labute approximate surface area is 100 Å². The van der Waals surface area contributed by atoms with E-state index in [2.05, 4.69) is 58.6 Å². The third-order valence-electron chi connectivity index (χ3n) is 2.77. The maximum absolute atomic E-state index is 4.76. The highest BCUT2D eigenvalue weighted by Crippen LogP contribution is 2.26. The van der Waals surface area contributed by atoms with Gasteiger partial charge in [-0.05, 0) is 27.2 Å². The van der Waals surface area contributed by atoms with E-state index in [4.69, 9.17) is 4.99 Å². The van der Waals surface area contributed by atoms with Gasteiger partial charge in [-0.3, -0.25) is 4.99 Å². The van der Waals surface area contributed by atoms with Gasteiger partial charge in [-0.2, -0.15) is 0 Å². The zero-order valence-corrected chi connectivity index (χ0v) is 11.7. The molecule has 0 aromatic carbocycles. The highest BCUT2D eigenvalue weighted by Gasteiger charge is 2.31. The second-order valence-corrected chi connectivity index (χ2v) is 6.50. The second kappa shape index (κ2) is 4.60. The summed E-state index contributed by atoms with van der Waals surface area (Å²) in [5.41, 5.74) is 0.274. The molecule has 0 spiro atoms. The summed E-state index contributed by atoms with van der Waals surface area (Å²) in [6.45, 7) is 15.4. The number of rotatable bonds is 0. The third kappa shape index (κ3) is 3.36. The molecule has 0 saturated heterocycles. The Morgan fingerprint density at radius 1 is 1.06 bits per heavy atom. The van der Waals surface area contributed by atoms with E-state index >= 15 is 0 Å². The minimum absolute atomic E-state index is 0.123. The number of hydrogen-bond acceptors (Lipinski definition) is 2. The van der Waals surface area contributed by atoms with Crippen LogP contribution >= 0.6 is 0 Å². The van der Waals surface area contributed by atoms with Crippen LogP contribution in [-0.4, -0.2) is 29.4 Å². The highest BCUT2D eigenvalue weighted by atomic mass is 15.2. The average molecular weight is 222 g/mol. The molecule has 1 aliphatic heterocycles. The minimum Gasteiger partial charge on any atom is -0.355 e. The lowest BCUT2D eigenvalue weighted by atomic mass is 9.90. The minimum atomic E-state index is 0.123. The topological polar surface area (TPSA) is 15.6 Å². The fraction of sp³-hybridized carbons (Fsp3) is 0.786. The number of hydrogen-bond donors (Lipinski definition) is 0. The van der Waals surface area contributed by atoms with Crippen LogP contribution in [0.3, 0.4) is 0 Å². The Bertz CT molecular complexity index is 287. The van der Waals surface area contributed by atoms with Gasteiger partial charge in [0.05, 0.1) is 6.54 Å². The van der Waals surface area contributed by atoms with E-state index in [0.29, 0.717) is 0 Å². The van der Waals surface area contributed by atoms with Crippen molar-refractivity contribution in [1.82, 2.24) is 4.90 Å². The summed E-state index contributed by atoms with van der Waals surface area (Å²) >= 11 is 0. The summed E-state index contributed by atoms with van der Waals surface area (Å²) in [7, 11) is 0. The third-order valence-corrected chi connectivity index (χ3v) is 2.77. The molecule has 2 nitrogen and oxygen atoms in total. The predicted octanol–water partition coefficient (Wildman–Crippen LogP) is 3.49. The predicted molar refractivity (Wildman–Crippen MR) is 72.0 cm³/mol. The molecule has 0 aromatic rings. The maximum atomic E-state index is 4.76. The van der Waals surface area contributed by atoms with Crippen molar-refractivity contribution in [2.24, 2.45) is 10.4 Å². The van der Waals surface area contributed by atoms with Gasteiger partial charge in [0.1, 0.15) is 5.84 Å². The van der Waals surface area contributed by atoms with E-state index in [1.807, 2.05) is 0 Å². The Kier molecular flexibility index (Phi) is 3.82. The van der Waals surface area contributed by atoms with Crippen molar-refractivity contribution in [3.05, 3.63) is 12.2 Å². The van der Waals surface area contributed by atoms with Gasteiger partial charge in [-0.15, -0.1) is 0 Å². The first-order valence-electron chi connectivity index (χ1n) is 6.20. The Hall–Kier alpha value is -0.790. The molecule has 0 unspecified atom stereocenters. The largest absolute Gasteiger partial charge is 0.355 e.